The third-order valence-electron chi connectivity index (χ3n) is 3.18. The smallest absolute Gasteiger partial charge is 0.0715 e. The predicted molar refractivity (Wildman–Crippen MR) is 68.9 cm³/mol. The van der Waals surface area contributed by atoms with Crippen molar-refractivity contribution in [2.24, 2.45) is 0 Å². The molecule has 1 N–H and O–H groups in total. The normalized spacial score (nSPS) is 20.6. The van der Waals surface area contributed by atoms with Crippen LogP contribution in [0.25, 0.3) is 0 Å². The number of thiophene rings is 1. The van der Waals surface area contributed by atoms with E-state index in [1.165, 1.54) is 43.6 Å². The minimum absolute atomic E-state index is 0.197. The van der Waals surface area contributed by atoms with Gasteiger partial charge in [-0.15, -0.1) is 11.3 Å². The van der Waals surface area contributed by atoms with Crippen LogP contribution >= 0.6 is 11.3 Å². The number of aliphatic hydroxyl groups excluding tert-OH is 1. The maximum absolute atomic E-state index is 10.0. The lowest BCUT2D eigenvalue weighted by molar-refractivity contribution is 0.115. The molecule has 90 valence electrons. The number of β-amino-alcohol motifs (C(OH)–C–C–N with tert-alkyl or cyclic N) is 1. The topological polar surface area (TPSA) is 23.5 Å². The first-order valence-corrected chi connectivity index (χ1v) is 7.15. The molecule has 1 aliphatic heterocycles. The number of hydrogen-bond acceptors (Lipinski definition) is 3. The molecule has 1 unspecified atom stereocenters. The van der Waals surface area contributed by atoms with Gasteiger partial charge in [0.1, 0.15) is 0 Å². The van der Waals surface area contributed by atoms with Gasteiger partial charge >= 0.3 is 0 Å². The van der Waals surface area contributed by atoms with Crippen LogP contribution in [0.4, 0.5) is 0 Å². The molecule has 1 fully saturated rings. The maximum atomic E-state index is 10.0. The molecule has 1 saturated heterocycles. The Morgan fingerprint density at radius 3 is 2.62 bits per heavy atom. The number of hydrogen-bond donors (Lipinski definition) is 1. The van der Waals surface area contributed by atoms with Gasteiger partial charge < -0.3 is 10.0 Å². The molecule has 1 aromatic heterocycles. The van der Waals surface area contributed by atoms with Gasteiger partial charge in [-0.1, -0.05) is 18.9 Å². The largest absolute Gasteiger partial charge is 0.391 e. The van der Waals surface area contributed by atoms with Crippen LogP contribution in [-0.2, 0) is 6.42 Å². The van der Waals surface area contributed by atoms with Gasteiger partial charge in [-0.25, -0.2) is 0 Å². The number of rotatable bonds is 4. The summed E-state index contributed by atoms with van der Waals surface area (Å²) in [5.74, 6) is 0. The van der Waals surface area contributed by atoms with E-state index in [1.54, 1.807) is 11.3 Å². The van der Waals surface area contributed by atoms with Crippen LogP contribution in [0, 0.1) is 0 Å². The zero-order valence-electron chi connectivity index (χ0n) is 9.77. The Balaban J connectivity index is 1.75. The van der Waals surface area contributed by atoms with Crippen molar-refractivity contribution < 1.29 is 5.11 Å². The van der Waals surface area contributed by atoms with Crippen LogP contribution < -0.4 is 0 Å². The van der Waals surface area contributed by atoms with E-state index in [4.69, 9.17) is 0 Å². The summed E-state index contributed by atoms with van der Waals surface area (Å²) in [6, 6.07) is 4.16. The molecule has 0 bridgehead atoms. The first-order chi connectivity index (χ1) is 7.84. The first-order valence-electron chi connectivity index (χ1n) is 6.27. The highest BCUT2D eigenvalue weighted by Gasteiger charge is 2.14. The summed E-state index contributed by atoms with van der Waals surface area (Å²) in [6.07, 6.45) is 5.93. The average molecular weight is 239 g/mol. The van der Waals surface area contributed by atoms with Crippen molar-refractivity contribution in [1.82, 2.24) is 4.90 Å². The molecule has 1 atom stereocenters. The summed E-state index contributed by atoms with van der Waals surface area (Å²) >= 11 is 1.74. The van der Waals surface area contributed by atoms with Crippen molar-refractivity contribution in [3.63, 3.8) is 0 Å². The summed E-state index contributed by atoms with van der Waals surface area (Å²) in [6.45, 7) is 3.18. The highest BCUT2D eigenvalue weighted by atomic mass is 32.1. The Labute approximate surface area is 102 Å². The summed E-state index contributed by atoms with van der Waals surface area (Å²) in [4.78, 5) is 3.72. The minimum atomic E-state index is -0.197. The molecule has 0 aromatic carbocycles. The molecular weight excluding hydrogens is 218 g/mol. The first kappa shape index (κ1) is 12.1. The van der Waals surface area contributed by atoms with Gasteiger partial charge in [-0.2, -0.15) is 0 Å². The lowest BCUT2D eigenvalue weighted by Gasteiger charge is -2.22. The van der Waals surface area contributed by atoms with Crippen LogP contribution in [0.15, 0.2) is 17.5 Å². The van der Waals surface area contributed by atoms with Crippen molar-refractivity contribution in [2.75, 3.05) is 19.6 Å². The Morgan fingerprint density at radius 1 is 1.25 bits per heavy atom. The van der Waals surface area contributed by atoms with E-state index in [2.05, 4.69) is 22.4 Å². The molecule has 0 aliphatic carbocycles. The van der Waals surface area contributed by atoms with Crippen LogP contribution in [-0.4, -0.2) is 35.7 Å². The zero-order chi connectivity index (χ0) is 11.2. The Kier molecular flexibility index (Phi) is 4.82. The van der Waals surface area contributed by atoms with Crippen molar-refractivity contribution in [3.05, 3.63) is 22.4 Å². The van der Waals surface area contributed by atoms with Crippen molar-refractivity contribution >= 4 is 11.3 Å². The van der Waals surface area contributed by atoms with Crippen LogP contribution in [0.5, 0.6) is 0 Å². The van der Waals surface area contributed by atoms with Crippen LogP contribution in [0.2, 0.25) is 0 Å². The van der Waals surface area contributed by atoms with Gasteiger partial charge in [0.05, 0.1) is 6.10 Å². The van der Waals surface area contributed by atoms with Crippen LogP contribution in [0.3, 0.4) is 0 Å². The van der Waals surface area contributed by atoms with E-state index in [0.717, 1.165) is 13.0 Å². The van der Waals surface area contributed by atoms with Crippen molar-refractivity contribution in [3.8, 4) is 0 Å². The summed E-state index contributed by atoms with van der Waals surface area (Å²) in [5.41, 5.74) is 0. The highest BCUT2D eigenvalue weighted by molar-refractivity contribution is 7.09. The third-order valence-corrected chi connectivity index (χ3v) is 4.08. The lowest BCUT2D eigenvalue weighted by atomic mass is 10.2. The van der Waals surface area contributed by atoms with Crippen LogP contribution in [0.1, 0.15) is 30.6 Å². The Bertz CT molecular complexity index is 278. The Hall–Kier alpha value is -0.380. The molecule has 0 spiro atoms. The molecule has 1 aliphatic rings. The van der Waals surface area contributed by atoms with E-state index in [1.807, 2.05) is 0 Å². The molecule has 0 amide bonds. The second-order valence-corrected chi connectivity index (χ2v) is 5.68. The second-order valence-electron chi connectivity index (χ2n) is 4.65. The monoisotopic (exact) mass is 239 g/mol. The third kappa shape index (κ3) is 3.89. The van der Waals surface area contributed by atoms with E-state index >= 15 is 0 Å². The van der Waals surface area contributed by atoms with E-state index in [-0.39, 0.29) is 6.10 Å². The molecule has 0 saturated carbocycles. The van der Waals surface area contributed by atoms with Gasteiger partial charge in [-0.05, 0) is 37.4 Å². The SMILES string of the molecule is OC(Cc1cccs1)CN1CCCCCC1. The average Bonchev–Trinajstić information content (AvgIpc) is 2.62. The number of likely N-dealkylation sites (tertiary alicyclic amines) is 1. The molecule has 2 heterocycles. The van der Waals surface area contributed by atoms with Gasteiger partial charge in [0.15, 0.2) is 0 Å². The molecule has 2 rings (SSSR count). The molecule has 3 heteroatoms. The minimum Gasteiger partial charge on any atom is -0.391 e. The number of nitrogens with zero attached hydrogens (tertiary/aromatic N) is 1. The van der Waals surface area contributed by atoms with Crippen molar-refractivity contribution in [2.45, 2.75) is 38.2 Å². The lowest BCUT2D eigenvalue weighted by Crippen LogP contribution is -2.34. The fraction of sp³-hybridized carbons (Fsp3) is 0.692. The molecule has 2 nitrogen and oxygen atoms in total. The summed E-state index contributed by atoms with van der Waals surface area (Å²) in [5, 5.41) is 12.1. The fourth-order valence-electron chi connectivity index (χ4n) is 2.34. The van der Waals surface area contributed by atoms with Gasteiger partial charge in [0.2, 0.25) is 0 Å². The fourth-order valence-corrected chi connectivity index (χ4v) is 3.12. The highest BCUT2D eigenvalue weighted by Crippen LogP contribution is 2.14. The second kappa shape index (κ2) is 6.38. The molecule has 16 heavy (non-hydrogen) atoms. The van der Waals surface area contributed by atoms with Gasteiger partial charge in [-0.3, -0.25) is 0 Å². The van der Waals surface area contributed by atoms with Gasteiger partial charge in [0, 0.05) is 17.8 Å². The summed E-state index contributed by atoms with van der Waals surface area (Å²) < 4.78 is 0. The van der Waals surface area contributed by atoms with Crippen molar-refractivity contribution in [1.29, 1.82) is 0 Å². The van der Waals surface area contributed by atoms with E-state index < -0.39 is 0 Å². The quantitative estimate of drug-likeness (QED) is 0.873. The Morgan fingerprint density at radius 2 is 2.00 bits per heavy atom. The number of aliphatic hydroxyl groups is 1. The predicted octanol–water partition coefficient (Wildman–Crippen LogP) is 2.53. The standard InChI is InChI=1S/C13H21NOS/c15-12(10-13-6-5-9-16-13)11-14-7-3-1-2-4-8-14/h5-6,9,12,15H,1-4,7-8,10-11H2. The maximum Gasteiger partial charge on any atom is 0.0715 e. The zero-order valence-corrected chi connectivity index (χ0v) is 10.6. The van der Waals surface area contributed by atoms with Gasteiger partial charge in [0.25, 0.3) is 0 Å². The van der Waals surface area contributed by atoms with E-state index in [9.17, 15) is 5.11 Å². The molecule has 0 radical (unpaired) electrons. The van der Waals surface area contributed by atoms with E-state index in [0.29, 0.717) is 0 Å². The molecular formula is C13H21NOS. The molecule has 1 aromatic rings. The summed E-state index contributed by atoms with van der Waals surface area (Å²) in [7, 11) is 0.